The van der Waals surface area contributed by atoms with E-state index < -0.39 is 5.60 Å². The smallest absolute Gasteiger partial charge is 0.169 e. The average molecular weight is 269 g/mol. The molecule has 2 atom stereocenters. The Bertz CT molecular complexity index is 411. The standard InChI is InChI=1S/C15H24FNO2/c1-6-15(3,19-7-2)14(17-4)11-9-8-10-12(18-5)13(11)16/h8-10,14,17H,6-7H2,1-5H3. The lowest BCUT2D eigenvalue weighted by Gasteiger charge is -2.37. The Morgan fingerprint density at radius 1 is 1.37 bits per heavy atom. The molecule has 0 aliphatic heterocycles. The highest BCUT2D eigenvalue weighted by molar-refractivity contribution is 5.34. The molecule has 2 unspecified atom stereocenters. The van der Waals surface area contributed by atoms with Crippen molar-refractivity contribution in [3.8, 4) is 5.75 Å². The van der Waals surface area contributed by atoms with Crippen LogP contribution in [0.3, 0.4) is 0 Å². The number of nitrogens with one attached hydrogen (secondary N) is 1. The van der Waals surface area contributed by atoms with Gasteiger partial charge in [0.05, 0.1) is 18.8 Å². The zero-order chi connectivity index (χ0) is 14.5. The molecule has 0 saturated heterocycles. The molecule has 0 spiro atoms. The Morgan fingerprint density at radius 2 is 2.05 bits per heavy atom. The predicted molar refractivity (Wildman–Crippen MR) is 75.1 cm³/mol. The molecule has 108 valence electrons. The summed E-state index contributed by atoms with van der Waals surface area (Å²) < 4.78 is 25.3. The molecule has 0 aliphatic rings. The van der Waals surface area contributed by atoms with Crippen LogP contribution in [0.25, 0.3) is 0 Å². The Morgan fingerprint density at radius 3 is 2.53 bits per heavy atom. The first kappa shape index (κ1) is 15.9. The molecular formula is C15H24FNO2. The van der Waals surface area contributed by atoms with Crippen LogP contribution in [0.2, 0.25) is 0 Å². The van der Waals surface area contributed by atoms with Crippen LogP contribution in [0.4, 0.5) is 4.39 Å². The number of likely N-dealkylation sites (N-methyl/N-ethyl adjacent to an activating group) is 1. The summed E-state index contributed by atoms with van der Waals surface area (Å²) in [5, 5.41) is 3.17. The van der Waals surface area contributed by atoms with Crippen LogP contribution in [0.5, 0.6) is 5.75 Å². The van der Waals surface area contributed by atoms with Crippen molar-refractivity contribution in [3.63, 3.8) is 0 Å². The van der Waals surface area contributed by atoms with Gasteiger partial charge in [-0.05, 0) is 33.4 Å². The van der Waals surface area contributed by atoms with Crippen LogP contribution >= 0.6 is 0 Å². The first-order valence-electron chi connectivity index (χ1n) is 6.67. The fourth-order valence-electron chi connectivity index (χ4n) is 2.42. The number of benzene rings is 1. The second kappa shape index (κ2) is 6.87. The van der Waals surface area contributed by atoms with E-state index in [1.807, 2.05) is 27.8 Å². The molecule has 0 aliphatic carbocycles. The molecular weight excluding hydrogens is 245 g/mol. The molecule has 0 amide bonds. The Labute approximate surface area is 115 Å². The summed E-state index contributed by atoms with van der Waals surface area (Å²) in [4.78, 5) is 0. The van der Waals surface area contributed by atoms with Crippen LogP contribution in [0, 0.1) is 5.82 Å². The molecule has 0 bridgehead atoms. The molecule has 1 aromatic rings. The quantitative estimate of drug-likeness (QED) is 0.824. The van der Waals surface area contributed by atoms with Crippen molar-refractivity contribution in [1.82, 2.24) is 5.32 Å². The lowest BCUT2D eigenvalue weighted by Crippen LogP contribution is -2.42. The number of hydrogen-bond donors (Lipinski definition) is 1. The van der Waals surface area contributed by atoms with Crippen LogP contribution in [-0.2, 0) is 4.74 Å². The third-order valence-electron chi connectivity index (χ3n) is 3.60. The summed E-state index contributed by atoms with van der Waals surface area (Å²) in [5.74, 6) is -0.0728. The summed E-state index contributed by atoms with van der Waals surface area (Å²) >= 11 is 0. The SMILES string of the molecule is CCOC(C)(CC)C(NC)c1cccc(OC)c1F. The first-order chi connectivity index (χ1) is 9.03. The maximum atomic E-state index is 14.4. The fourth-order valence-corrected chi connectivity index (χ4v) is 2.42. The van der Waals surface area contributed by atoms with E-state index in [1.54, 1.807) is 18.2 Å². The van der Waals surface area contributed by atoms with E-state index in [-0.39, 0.29) is 17.6 Å². The Hall–Kier alpha value is -1.13. The van der Waals surface area contributed by atoms with Gasteiger partial charge in [-0.2, -0.15) is 0 Å². The van der Waals surface area contributed by atoms with Gasteiger partial charge in [0, 0.05) is 12.2 Å². The topological polar surface area (TPSA) is 30.5 Å². The number of rotatable bonds is 7. The number of methoxy groups -OCH3 is 1. The van der Waals surface area contributed by atoms with Gasteiger partial charge in [-0.15, -0.1) is 0 Å². The van der Waals surface area contributed by atoms with E-state index >= 15 is 0 Å². The summed E-state index contributed by atoms with van der Waals surface area (Å²) in [6.07, 6.45) is 0.781. The Kier molecular flexibility index (Phi) is 5.76. The van der Waals surface area contributed by atoms with E-state index in [2.05, 4.69) is 5.32 Å². The van der Waals surface area contributed by atoms with Gasteiger partial charge in [-0.25, -0.2) is 4.39 Å². The van der Waals surface area contributed by atoms with Crippen LogP contribution < -0.4 is 10.1 Å². The maximum Gasteiger partial charge on any atom is 0.169 e. The third-order valence-corrected chi connectivity index (χ3v) is 3.60. The van der Waals surface area contributed by atoms with Gasteiger partial charge in [0.1, 0.15) is 0 Å². The van der Waals surface area contributed by atoms with Crippen molar-refractivity contribution in [1.29, 1.82) is 0 Å². The molecule has 0 radical (unpaired) electrons. The highest BCUT2D eigenvalue weighted by Crippen LogP contribution is 2.35. The molecule has 3 nitrogen and oxygen atoms in total. The summed E-state index contributed by atoms with van der Waals surface area (Å²) in [5.41, 5.74) is 0.108. The third kappa shape index (κ3) is 3.25. The number of halogens is 1. The predicted octanol–water partition coefficient (Wildman–Crippen LogP) is 3.30. The van der Waals surface area contributed by atoms with E-state index in [1.165, 1.54) is 7.11 Å². The lowest BCUT2D eigenvalue weighted by molar-refractivity contribution is -0.0554. The van der Waals surface area contributed by atoms with Gasteiger partial charge in [0.25, 0.3) is 0 Å². The summed E-state index contributed by atoms with van der Waals surface area (Å²) in [6, 6.07) is 4.96. The molecule has 1 N–H and O–H groups in total. The van der Waals surface area contributed by atoms with Gasteiger partial charge in [0.2, 0.25) is 0 Å². The highest BCUT2D eigenvalue weighted by Gasteiger charge is 2.35. The van der Waals surface area contributed by atoms with Gasteiger partial charge < -0.3 is 14.8 Å². The van der Waals surface area contributed by atoms with Gasteiger partial charge in [-0.1, -0.05) is 19.1 Å². The molecule has 4 heteroatoms. The van der Waals surface area contributed by atoms with Gasteiger partial charge >= 0.3 is 0 Å². The molecule has 0 aromatic heterocycles. The minimum atomic E-state index is -0.462. The molecule has 0 heterocycles. The minimum Gasteiger partial charge on any atom is -0.494 e. The van der Waals surface area contributed by atoms with Crippen molar-refractivity contribution < 1.29 is 13.9 Å². The normalized spacial score (nSPS) is 15.9. The summed E-state index contributed by atoms with van der Waals surface area (Å²) in [6.45, 7) is 6.57. The van der Waals surface area contributed by atoms with Crippen molar-refractivity contribution >= 4 is 0 Å². The minimum absolute atomic E-state index is 0.229. The highest BCUT2D eigenvalue weighted by atomic mass is 19.1. The van der Waals surface area contributed by atoms with E-state index in [4.69, 9.17) is 9.47 Å². The molecule has 19 heavy (non-hydrogen) atoms. The first-order valence-corrected chi connectivity index (χ1v) is 6.67. The van der Waals surface area contributed by atoms with E-state index in [0.29, 0.717) is 12.2 Å². The Balaban J connectivity index is 3.23. The molecule has 0 saturated carbocycles. The van der Waals surface area contributed by atoms with Crippen molar-refractivity contribution in [3.05, 3.63) is 29.6 Å². The monoisotopic (exact) mass is 269 g/mol. The van der Waals surface area contributed by atoms with E-state index in [9.17, 15) is 4.39 Å². The summed E-state index contributed by atoms with van der Waals surface area (Å²) in [7, 11) is 3.29. The molecule has 1 aromatic carbocycles. The second-order valence-corrected chi connectivity index (χ2v) is 4.68. The van der Waals surface area contributed by atoms with Crippen molar-refractivity contribution in [2.45, 2.75) is 38.8 Å². The molecule has 1 rings (SSSR count). The van der Waals surface area contributed by atoms with Crippen LogP contribution in [0.15, 0.2) is 18.2 Å². The molecule has 0 fully saturated rings. The van der Waals surface area contributed by atoms with E-state index in [0.717, 1.165) is 6.42 Å². The largest absolute Gasteiger partial charge is 0.494 e. The lowest BCUT2D eigenvalue weighted by atomic mass is 9.87. The number of hydrogen-bond acceptors (Lipinski definition) is 3. The second-order valence-electron chi connectivity index (χ2n) is 4.68. The zero-order valence-corrected chi connectivity index (χ0v) is 12.4. The van der Waals surface area contributed by atoms with Gasteiger partial charge in [-0.3, -0.25) is 0 Å². The van der Waals surface area contributed by atoms with Crippen molar-refractivity contribution in [2.24, 2.45) is 0 Å². The van der Waals surface area contributed by atoms with Crippen LogP contribution in [0.1, 0.15) is 38.8 Å². The number of ether oxygens (including phenoxy) is 2. The average Bonchev–Trinajstić information content (AvgIpc) is 2.41. The zero-order valence-electron chi connectivity index (χ0n) is 12.4. The van der Waals surface area contributed by atoms with Gasteiger partial charge in [0.15, 0.2) is 11.6 Å². The van der Waals surface area contributed by atoms with Crippen molar-refractivity contribution in [2.75, 3.05) is 20.8 Å². The maximum absolute atomic E-state index is 14.4. The fraction of sp³-hybridized carbons (Fsp3) is 0.600. The van der Waals surface area contributed by atoms with Crippen LogP contribution in [-0.4, -0.2) is 26.4 Å².